The molecule has 3 rings (SSSR count). The van der Waals surface area contributed by atoms with Gasteiger partial charge in [0, 0.05) is 10.5 Å². The third-order valence-corrected chi connectivity index (χ3v) is 5.71. The Morgan fingerprint density at radius 3 is 2.20 bits per heavy atom. The van der Waals surface area contributed by atoms with Crippen molar-refractivity contribution in [2.24, 2.45) is 7.05 Å². The van der Waals surface area contributed by atoms with Crippen LogP contribution in [0.15, 0.2) is 74.1 Å². The van der Waals surface area contributed by atoms with E-state index in [2.05, 4.69) is 48.0 Å². The van der Waals surface area contributed by atoms with Gasteiger partial charge in [0.1, 0.15) is 7.05 Å². The fraction of sp³-hybridized carbons (Fsp3) is 0.0625. The lowest BCUT2D eigenvalue weighted by atomic mass is 10.2. The normalized spacial score (nSPS) is 10.7. The summed E-state index contributed by atoms with van der Waals surface area (Å²) in [6, 6.07) is 20.7. The average Bonchev–Trinajstić information content (AvgIpc) is 2.75. The Labute approximate surface area is 132 Å². The molecule has 0 atom stereocenters. The fourth-order valence-corrected chi connectivity index (χ4v) is 4.83. The predicted molar refractivity (Wildman–Crippen MR) is 87.1 cm³/mol. The van der Waals surface area contributed by atoms with Crippen LogP contribution in [0.3, 0.4) is 0 Å². The van der Waals surface area contributed by atoms with E-state index in [0.29, 0.717) is 0 Å². The second kappa shape index (κ2) is 5.95. The van der Waals surface area contributed by atoms with Crippen molar-refractivity contribution in [3.63, 3.8) is 0 Å². The van der Waals surface area contributed by atoms with Gasteiger partial charge in [0.05, 0.1) is 0 Å². The van der Waals surface area contributed by atoms with E-state index in [4.69, 9.17) is 12.6 Å². The maximum Gasteiger partial charge on any atom is 0.209 e. The maximum atomic E-state index is 5.54. The van der Waals surface area contributed by atoms with Gasteiger partial charge < -0.3 is 12.6 Å². The number of benzene rings is 2. The molecule has 0 unspecified atom stereocenters. The van der Waals surface area contributed by atoms with Crippen LogP contribution in [0.1, 0.15) is 0 Å². The van der Waals surface area contributed by atoms with E-state index >= 15 is 0 Å². The summed E-state index contributed by atoms with van der Waals surface area (Å²) in [7, 11) is 2.08. The average molecular weight is 315 g/mol. The number of hydrogen-bond donors (Lipinski definition) is 0. The molecule has 20 heavy (non-hydrogen) atoms. The van der Waals surface area contributed by atoms with Crippen molar-refractivity contribution >= 4 is 35.7 Å². The van der Waals surface area contributed by atoms with E-state index in [1.807, 2.05) is 24.3 Å². The van der Waals surface area contributed by atoms with Crippen LogP contribution in [0, 0.1) is 0 Å². The van der Waals surface area contributed by atoms with Crippen molar-refractivity contribution in [2.45, 2.75) is 13.4 Å². The van der Waals surface area contributed by atoms with Crippen molar-refractivity contribution in [2.75, 3.05) is 0 Å². The second-order valence-electron chi connectivity index (χ2n) is 4.34. The van der Waals surface area contributed by atoms with Gasteiger partial charge in [0.25, 0.3) is 0 Å². The van der Waals surface area contributed by atoms with Gasteiger partial charge in [0.2, 0.25) is 10.0 Å². The van der Waals surface area contributed by atoms with Gasteiger partial charge in [-0.3, -0.25) is 11.3 Å². The van der Waals surface area contributed by atoms with Gasteiger partial charge in [-0.15, -0.1) is 0 Å². The topological polar surface area (TPSA) is 3.88 Å². The smallest absolute Gasteiger partial charge is 0.209 e. The molecule has 1 nitrogen and oxygen atoms in total. The number of thiazole rings is 1. The van der Waals surface area contributed by atoms with E-state index in [0.717, 1.165) is 9.90 Å². The minimum atomic E-state index is 0.942. The Bertz CT molecular complexity index is 705. The predicted octanol–water partition coefficient (Wildman–Crippen LogP) is 4.30. The molecule has 1 heterocycles. The van der Waals surface area contributed by atoms with E-state index in [-0.39, 0.29) is 0 Å². The zero-order valence-corrected chi connectivity index (χ0v) is 13.4. The summed E-state index contributed by atoms with van der Waals surface area (Å²) < 4.78 is 4.34. The molecule has 0 aliphatic rings. The second-order valence-corrected chi connectivity index (χ2v) is 7.33. The zero-order valence-electron chi connectivity index (χ0n) is 10.9. The SMILES string of the molecule is C[n+]1c(Sc2ccccc2)sc([S-])c1-c1ccccc1. The van der Waals surface area contributed by atoms with Crippen LogP contribution in [-0.4, -0.2) is 0 Å². The Kier molecular flexibility index (Phi) is 4.05. The van der Waals surface area contributed by atoms with Crippen LogP contribution < -0.4 is 4.57 Å². The molecule has 0 saturated heterocycles. The Morgan fingerprint density at radius 2 is 1.55 bits per heavy atom. The molecule has 0 radical (unpaired) electrons. The summed E-state index contributed by atoms with van der Waals surface area (Å²) in [6.07, 6.45) is 0. The first-order valence-electron chi connectivity index (χ1n) is 6.24. The van der Waals surface area contributed by atoms with E-state index in [9.17, 15) is 0 Å². The van der Waals surface area contributed by atoms with Gasteiger partial charge >= 0.3 is 0 Å². The zero-order chi connectivity index (χ0) is 13.9. The number of rotatable bonds is 3. The number of hydrogen-bond acceptors (Lipinski definition) is 3. The minimum absolute atomic E-state index is 0.942. The molecule has 100 valence electrons. The van der Waals surface area contributed by atoms with Crippen LogP contribution in [-0.2, 0) is 19.7 Å². The van der Waals surface area contributed by atoms with Crippen molar-refractivity contribution < 1.29 is 4.57 Å². The van der Waals surface area contributed by atoms with E-state index < -0.39 is 0 Å². The Balaban J connectivity index is 1.99. The quantitative estimate of drug-likeness (QED) is 0.524. The highest BCUT2D eigenvalue weighted by Crippen LogP contribution is 2.34. The number of aromatic nitrogens is 1. The molecule has 0 aliphatic heterocycles. The van der Waals surface area contributed by atoms with Crippen LogP contribution >= 0.6 is 23.1 Å². The maximum absolute atomic E-state index is 5.54. The highest BCUT2D eigenvalue weighted by molar-refractivity contribution is 8.01. The summed E-state index contributed by atoms with van der Waals surface area (Å²) in [5, 5.41) is 0. The van der Waals surface area contributed by atoms with E-state index in [1.165, 1.54) is 14.8 Å². The molecule has 0 N–H and O–H groups in total. The largest absolute Gasteiger partial charge is 0.421 e. The molecule has 3 aromatic rings. The highest BCUT2D eigenvalue weighted by atomic mass is 32.2. The lowest BCUT2D eigenvalue weighted by Crippen LogP contribution is -2.30. The third-order valence-electron chi connectivity index (χ3n) is 2.98. The molecule has 2 aromatic carbocycles. The van der Waals surface area contributed by atoms with Crippen molar-refractivity contribution in [3.05, 3.63) is 60.7 Å². The summed E-state index contributed by atoms with van der Waals surface area (Å²) in [5.41, 5.74) is 2.31. The molecular weight excluding hydrogens is 302 g/mol. The Morgan fingerprint density at radius 1 is 0.950 bits per heavy atom. The highest BCUT2D eigenvalue weighted by Gasteiger charge is 2.17. The molecule has 0 bridgehead atoms. The first kappa shape index (κ1) is 13.6. The molecule has 0 fully saturated rings. The van der Waals surface area contributed by atoms with Crippen LogP contribution in [0.2, 0.25) is 0 Å². The summed E-state index contributed by atoms with van der Waals surface area (Å²) >= 11 is 8.97. The first-order valence-corrected chi connectivity index (χ1v) is 8.28. The molecule has 0 aliphatic carbocycles. The van der Waals surface area contributed by atoms with Gasteiger partial charge in [-0.05, 0) is 40.2 Å². The standard InChI is InChI=1S/C16H13NS3/c1-17-14(12-8-4-2-5-9-12)15(18)20-16(17)19-13-10-6-3-7-11-13/h2-11H,1H3. The minimum Gasteiger partial charge on any atom is -0.421 e. The Hall–Kier alpha value is -1.36. The lowest BCUT2D eigenvalue weighted by molar-refractivity contribution is -0.692. The lowest BCUT2D eigenvalue weighted by Gasteiger charge is -2.01. The summed E-state index contributed by atoms with van der Waals surface area (Å²) in [6.45, 7) is 0. The fourth-order valence-electron chi connectivity index (χ4n) is 2.01. The van der Waals surface area contributed by atoms with Gasteiger partial charge in [0.15, 0.2) is 0 Å². The van der Waals surface area contributed by atoms with Crippen LogP contribution in [0.5, 0.6) is 0 Å². The van der Waals surface area contributed by atoms with Crippen LogP contribution in [0.25, 0.3) is 11.3 Å². The van der Waals surface area contributed by atoms with Gasteiger partial charge in [-0.2, -0.15) is 4.57 Å². The van der Waals surface area contributed by atoms with Gasteiger partial charge in [-0.1, -0.05) is 36.4 Å². The molecule has 0 spiro atoms. The molecule has 0 saturated carbocycles. The molecule has 1 aromatic heterocycles. The van der Waals surface area contributed by atoms with E-state index in [1.54, 1.807) is 23.1 Å². The van der Waals surface area contributed by atoms with Crippen LogP contribution in [0.4, 0.5) is 0 Å². The summed E-state index contributed by atoms with van der Waals surface area (Å²) in [4.78, 5) is 1.24. The number of nitrogens with zero attached hydrogens (tertiary/aromatic N) is 1. The molecular formula is C16H13NS3. The van der Waals surface area contributed by atoms with Crippen molar-refractivity contribution in [1.29, 1.82) is 0 Å². The third kappa shape index (κ3) is 2.73. The summed E-state index contributed by atoms with van der Waals surface area (Å²) in [5.74, 6) is 0. The monoisotopic (exact) mass is 315 g/mol. The van der Waals surface area contributed by atoms with Crippen molar-refractivity contribution in [1.82, 2.24) is 0 Å². The molecule has 0 amide bonds. The molecule has 4 heteroatoms. The van der Waals surface area contributed by atoms with Crippen molar-refractivity contribution in [3.8, 4) is 11.3 Å². The first-order chi connectivity index (χ1) is 9.75. The van der Waals surface area contributed by atoms with Gasteiger partial charge in [-0.25, -0.2) is 0 Å².